The van der Waals surface area contributed by atoms with Gasteiger partial charge in [0.15, 0.2) is 16.6 Å². The average molecular weight is 679 g/mol. The van der Waals surface area contributed by atoms with Crippen molar-refractivity contribution in [1.82, 2.24) is 0 Å². The number of ether oxygens (including phenoxy) is 2. The molecular weight excluding hydrogens is 621 g/mol. The van der Waals surface area contributed by atoms with E-state index in [1.807, 2.05) is 0 Å². The van der Waals surface area contributed by atoms with Crippen LogP contribution in [0.3, 0.4) is 0 Å². The molecule has 0 saturated carbocycles. The van der Waals surface area contributed by atoms with E-state index in [4.69, 9.17) is 43.3 Å². The van der Waals surface area contributed by atoms with E-state index in [2.05, 4.69) is 72.0 Å². The number of hydrogen-bond donors (Lipinski definition) is 0. The second kappa shape index (κ2) is 15.7. The molecule has 10 nitrogen and oxygen atoms in total. The fourth-order valence-electron chi connectivity index (χ4n) is 4.68. The topological polar surface area (TPSA) is 95.6 Å². The highest BCUT2D eigenvalue weighted by Gasteiger charge is 2.51. The van der Waals surface area contributed by atoms with Crippen molar-refractivity contribution in [3.63, 3.8) is 0 Å². The third-order valence-electron chi connectivity index (χ3n) is 5.82. The van der Waals surface area contributed by atoms with Crippen LogP contribution in [-0.4, -0.2) is 108 Å². The van der Waals surface area contributed by atoms with Gasteiger partial charge < -0.3 is 43.3 Å². The lowest BCUT2D eigenvalue weighted by molar-refractivity contribution is 0.115. The summed E-state index contributed by atoms with van der Waals surface area (Å²) in [4.78, 5) is 0. The first kappa shape index (κ1) is 38.1. The molecule has 1 fully saturated rings. The lowest BCUT2D eigenvalue weighted by atomic mass is 10.5. The third kappa shape index (κ3) is 16.5. The van der Waals surface area contributed by atoms with Crippen LogP contribution in [0.4, 0.5) is 0 Å². The molecule has 4 atom stereocenters. The molecule has 17 heteroatoms. The fourth-order valence-corrected chi connectivity index (χ4v) is 34.1. The van der Waals surface area contributed by atoms with Crippen molar-refractivity contribution in [2.45, 2.75) is 103 Å². The number of epoxide rings is 1. The maximum Gasteiger partial charge on any atom is 0.500 e. The fraction of sp³-hybridized carbons (Fsp3) is 1.00. The van der Waals surface area contributed by atoms with E-state index >= 15 is 0 Å². The van der Waals surface area contributed by atoms with Gasteiger partial charge in [-0.1, -0.05) is 0 Å². The van der Waals surface area contributed by atoms with Gasteiger partial charge >= 0.3 is 34.5 Å². The van der Waals surface area contributed by atoms with Crippen LogP contribution in [0.2, 0.25) is 90.1 Å². The second-order valence-electron chi connectivity index (χ2n) is 12.9. The number of rotatable bonds is 22. The molecule has 0 spiro atoms. The lowest BCUT2D eigenvalue weighted by Crippen LogP contribution is -2.60. The molecule has 39 heavy (non-hydrogen) atoms. The van der Waals surface area contributed by atoms with Gasteiger partial charge in [-0.15, -0.1) is 0 Å². The molecule has 0 amide bonds. The molecule has 0 radical (unpaired) electrons. The molecule has 4 unspecified atom stereocenters. The van der Waals surface area contributed by atoms with Gasteiger partial charge in [0.05, 0.1) is 13.2 Å². The van der Waals surface area contributed by atoms with Crippen molar-refractivity contribution in [3.8, 4) is 0 Å². The summed E-state index contributed by atoms with van der Waals surface area (Å²) in [5, 5.41) is 0. The molecule has 0 bridgehead atoms. The first-order valence-corrected chi connectivity index (χ1v) is 32.7. The van der Waals surface area contributed by atoms with Crippen LogP contribution in [0.1, 0.15) is 6.42 Å². The Hall–Kier alpha value is 1.12. The Kier molecular flexibility index (Phi) is 15.4. The zero-order valence-electron chi connectivity index (χ0n) is 27.2. The van der Waals surface area contributed by atoms with Gasteiger partial charge in [-0.3, -0.25) is 0 Å². The zero-order valence-corrected chi connectivity index (χ0v) is 34.3. The molecule has 0 N–H and O–H groups in total. The molecule has 1 aliphatic rings. The predicted molar refractivity (Wildman–Crippen MR) is 172 cm³/mol. The van der Waals surface area contributed by atoms with Crippen LogP contribution < -0.4 is 0 Å². The minimum Gasteiger partial charge on any atom is -0.439 e. The molecule has 0 aliphatic carbocycles. The molecule has 1 rings (SSSR count). The maximum absolute atomic E-state index is 7.18. The van der Waals surface area contributed by atoms with Gasteiger partial charge in [0, 0.05) is 34.0 Å². The van der Waals surface area contributed by atoms with Crippen molar-refractivity contribution in [3.05, 3.63) is 0 Å². The van der Waals surface area contributed by atoms with Gasteiger partial charge in [-0.25, -0.2) is 0 Å². The molecule has 1 heterocycles. The first-order chi connectivity index (χ1) is 17.7. The summed E-state index contributed by atoms with van der Waals surface area (Å²) < 4.78 is 62.3. The largest absolute Gasteiger partial charge is 0.500 e. The summed E-state index contributed by atoms with van der Waals surface area (Å²) >= 11 is 0. The van der Waals surface area contributed by atoms with Gasteiger partial charge in [-0.2, -0.15) is 0 Å². The summed E-state index contributed by atoms with van der Waals surface area (Å²) in [5.41, 5.74) is 0. The van der Waals surface area contributed by atoms with Crippen LogP contribution in [0.5, 0.6) is 0 Å². The van der Waals surface area contributed by atoms with E-state index in [0.29, 0.717) is 25.3 Å². The molecule has 1 saturated heterocycles. The Balaban J connectivity index is 3.22. The first-order valence-electron chi connectivity index (χ1n) is 14.0. The van der Waals surface area contributed by atoms with Crippen LogP contribution >= 0.6 is 0 Å². The van der Waals surface area contributed by atoms with Crippen LogP contribution in [0.25, 0.3) is 0 Å². The number of hydrogen-bond acceptors (Lipinski definition) is 10. The smallest absolute Gasteiger partial charge is 0.439 e. The molecule has 0 aromatic carbocycles. The highest BCUT2D eigenvalue weighted by atomic mass is 28.5. The Labute approximate surface area is 246 Å². The van der Waals surface area contributed by atoms with Crippen molar-refractivity contribution in [2.24, 2.45) is 0 Å². The van der Waals surface area contributed by atoms with Crippen molar-refractivity contribution < 1.29 is 43.3 Å². The Morgan fingerprint density at radius 1 is 0.692 bits per heavy atom. The van der Waals surface area contributed by atoms with Gasteiger partial charge in [-0.05, 0) is 90.5 Å². The minimum absolute atomic E-state index is 0.258. The van der Waals surface area contributed by atoms with Crippen molar-refractivity contribution in [2.75, 3.05) is 41.2 Å². The summed E-state index contributed by atoms with van der Waals surface area (Å²) in [5.74, 6) is 0. The van der Waals surface area contributed by atoms with Crippen molar-refractivity contribution in [1.29, 1.82) is 0 Å². The highest BCUT2D eigenvalue weighted by molar-refractivity contribution is 6.90. The highest BCUT2D eigenvalue weighted by Crippen LogP contribution is 2.33. The Morgan fingerprint density at radius 3 is 1.72 bits per heavy atom. The predicted octanol–water partition coefficient (Wildman–Crippen LogP) is 5.12. The Bertz CT molecular complexity index is 708. The normalized spacial score (nSPS) is 20.9. The maximum atomic E-state index is 7.18. The van der Waals surface area contributed by atoms with Crippen LogP contribution in [-0.2, 0) is 43.3 Å². The average Bonchev–Trinajstić information content (AvgIpc) is 3.55. The van der Waals surface area contributed by atoms with Gasteiger partial charge in [0.2, 0.25) is 0 Å². The van der Waals surface area contributed by atoms with E-state index in [0.717, 1.165) is 19.1 Å². The van der Waals surface area contributed by atoms with Crippen LogP contribution in [0, 0.1) is 0 Å². The minimum atomic E-state index is -2.87. The quantitative estimate of drug-likeness (QED) is 0.0873. The van der Waals surface area contributed by atoms with E-state index in [9.17, 15) is 0 Å². The SMILES string of the molecule is CO[Si](CC[Si](C)(O[Si](C)(C)O[Si](C)(C)C)O[Si](C)(CCCOCC1CO1)O[SiH](C)O[Si](C)(C)C)(OC)OC. The van der Waals surface area contributed by atoms with E-state index in [-0.39, 0.29) is 6.10 Å². The molecule has 1 aliphatic heterocycles. The monoisotopic (exact) mass is 678 g/mol. The standard InChI is InChI=1S/C22H58O10Si7/c1-23-39(24-2,25-3)19-18-38(14,31-36(11,12)30-35(8,9)10)32-37(13,29-33(4)28-34(5,6)7)17-15-16-26-20-22-21-27-22/h22,33H,15-21H2,1-14H3. The van der Waals surface area contributed by atoms with E-state index in [1.165, 1.54) is 0 Å². The Morgan fingerprint density at radius 2 is 1.26 bits per heavy atom. The van der Waals surface area contributed by atoms with Crippen LogP contribution in [0.15, 0.2) is 0 Å². The lowest BCUT2D eigenvalue weighted by Gasteiger charge is -2.44. The van der Waals surface area contributed by atoms with E-state index in [1.54, 1.807) is 21.3 Å². The van der Waals surface area contributed by atoms with E-state index < -0.39 is 60.4 Å². The molecule has 234 valence electrons. The van der Waals surface area contributed by atoms with Gasteiger partial charge in [0.25, 0.3) is 9.28 Å². The third-order valence-corrected chi connectivity index (χ3v) is 30.5. The molecule has 0 aromatic rings. The summed E-state index contributed by atoms with van der Waals surface area (Å²) in [6, 6.07) is 2.02. The van der Waals surface area contributed by atoms with Gasteiger partial charge in [0.1, 0.15) is 6.10 Å². The zero-order chi connectivity index (χ0) is 30.2. The van der Waals surface area contributed by atoms with Crippen molar-refractivity contribution >= 4 is 60.4 Å². The summed E-state index contributed by atoms with van der Waals surface area (Å²) in [6.45, 7) is 25.9. The molecular formula is C22H58O10Si7. The summed E-state index contributed by atoms with van der Waals surface area (Å²) in [6.07, 6.45) is 1.10. The molecule has 0 aromatic heterocycles. The summed E-state index contributed by atoms with van der Waals surface area (Å²) in [7, 11) is -11.6. The second-order valence-corrected chi connectivity index (χ2v) is 38.3.